The molecule has 1 aromatic carbocycles. The maximum absolute atomic E-state index is 13.0. The average molecular weight is 408 g/mol. The Morgan fingerprint density at radius 1 is 1.17 bits per heavy atom. The summed E-state index contributed by atoms with van der Waals surface area (Å²) < 4.78 is 3.50. The van der Waals surface area contributed by atoms with Crippen molar-refractivity contribution >= 4 is 23.3 Å². The summed E-state index contributed by atoms with van der Waals surface area (Å²) in [5, 5.41) is 23.2. The van der Waals surface area contributed by atoms with Crippen LogP contribution < -0.4 is 5.32 Å². The highest BCUT2D eigenvalue weighted by Gasteiger charge is 2.21. The van der Waals surface area contributed by atoms with Crippen LogP contribution in [0, 0.1) is 6.92 Å². The van der Waals surface area contributed by atoms with Crippen LogP contribution in [0.2, 0.25) is 0 Å². The number of fused-ring (bicyclic) bond motifs is 1. The second kappa shape index (κ2) is 8.39. The lowest BCUT2D eigenvalue weighted by Crippen LogP contribution is -2.30. The molecule has 3 aromatic heterocycles. The molecule has 0 bridgehead atoms. The van der Waals surface area contributed by atoms with E-state index < -0.39 is 0 Å². The summed E-state index contributed by atoms with van der Waals surface area (Å²) in [7, 11) is 0. The van der Waals surface area contributed by atoms with E-state index in [1.807, 2.05) is 54.1 Å². The van der Waals surface area contributed by atoms with Crippen LogP contribution in [0.15, 0.2) is 48.7 Å². The molecule has 1 amide bonds. The van der Waals surface area contributed by atoms with Crippen LogP contribution in [0.25, 0.3) is 11.3 Å². The first kappa shape index (κ1) is 19.1. The number of carbonyl (C=O) groups excluding carboxylic acids is 1. The molecule has 3 heterocycles. The third kappa shape index (κ3) is 3.97. The van der Waals surface area contributed by atoms with Crippen LogP contribution in [0.5, 0.6) is 0 Å². The van der Waals surface area contributed by atoms with Gasteiger partial charge >= 0.3 is 0 Å². The highest BCUT2D eigenvalue weighted by molar-refractivity contribution is 7.98. The lowest BCUT2D eigenvalue weighted by Gasteiger charge is -2.17. The first-order chi connectivity index (χ1) is 14.2. The molecule has 4 rings (SSSR count). The summed E-state index contributed by atoms with van der Waals surface area (Å²) in [4.78, 5) is 13.0. The van der Waals surface area contributed by atoms with Gasteiger partial charge in [0.1, 0.15) is 0 Å². The minimum absolute atomic E-state index is 0.184. The summed E-state index contributed by atoms with van der Waals surface area (Å²) in [6.45, 7) is 1.81. The number of hydrogen-bond acceptors (Lipinski definition) is 7. The Balaban J connectivity index is 1.61. The van der Waals surface area contributed by atoms with Crippen LogP contribution in [0.1, 0.15) is 34.5 Å². The predicted molar refractivity (Wildman–Crippen MR) is 110 cm³/mol. The monoisotopic (exact) mass is 408 g/mol. The van der Waals surface area contributed by atoms with Gasteiger partial charge in [-0.15, -0.1) is 15.3 Å². The first-order valence-corrected chi connectivity index (χ1v) is 10.5. The molecule has 10 heteroatoms. The van der Waals surface area contributed by atoms with Gasteiger partial charge in [-0.3, -0.25) is 9.20 Å². The van der Waals surface area contributed by atoms with Crippen LogP contribution >= 0.6 is 11.8 Å². The second-order valence-electron chi connectivity index (χ2n) is 6.48. The number of benzene rings is 1. The molecular weight excluding hydrogens is 388 g/mol. The maximum Gasteiger partial charge on any atom is 0.251 e. The van der Waals surface area contributed by atoms with E-state index in [1.165, 1.54) is 0 Å². The van der Waals surface area contributed by atoms with Crippen LogP contribution in [-0.2, 0) is 0 Å². The molecule has 0 saturated heterocycles. The number of nitrogens with zero attached hydrogens (tertiary/aromatic N) is 7. The van der Waals surface area contributed by atoms with Crippen LogP contribution in [0.3, 0.4) is 0 Å². The largest absolute Gasteiger partial charge is 0.342 e. The fraction of sp³-hybridized carbons (Fsp3) is 0.263. The minimum Gasteiger partial charge on any atom is -0.342 e. The summed E-state index contributed by atoms with van der Waals surface area (Å²) in [5.74, 6) is 2.07. The Morgan fingerprint density at radius 2 is 2.07 bits per heavy atom. The zero-order chi connectivity index (χ0) is 20.2. The zero-order valence-electron chi connectivity index (χ0n) is 16.1. The molecular formula is C19H20N8OS. The molecule has 0 aliphatic carbocycles. The van der Waals surface area contributed by atoms with Gasteiger partial charge in [-0.25, -0.2) is 0 Å². The van der Waals surface area contributed by atoms with Gasteiger partial charge in [0, 0.05) is 11.8 Å². The molecule has 0 radical (unpaired) electrons. The van der Waals surface area contributed by atoms with Crippen molar-refractivity contribution in [1.29, 1.82) is 0 Å². The fourth-order valence-corrected chi connectivity index (χ4v) is 3.56. The Bertz CT molecular complexity index is 1140. The molecule has 4 aromatic rings. The number of aromatic nitrogens is 7. The molecule has 148 valence electrons. The molecule has 29 heavy (non-hydrogen) atoms. The number of rotatable bonds is 7. The number of hydrogen-bond donors (Lipinski definition) is 1. The Kier molecular flexibility index (Phi) is 5.52. The molecule has 1 N–H and O–H groups in total. The smallest absolute Gasteiger partial charge is 0.251 e. The molecule has 1 unspecified atom stereocenters. The number of tetrazole rings is 1. The summed E-state index contributed by atoms with van der Waals surface area (Å²) in [6.07, 6.45) is 4.69. The molecule has 0 aliphatic rings. The average Bonchev–Trinajstić information content (AvgIpc) is 3.37. The number of carbonyl (C=O) groups is 1. The van der Waals surface area contributed by atoms with Gasteiger partial charge in [0.05, 0.1) is 11.7 Å². The van der Waals surface area contributed by atoms with Crippen LogP contribution in [0.4, 0.5) is 0 Å². The van der Waals surface area contributed by atoms with Crippen molar-refractivity contribution < 1.29 is 4.79 Å². The van der Waals surface area contributed by atoms with Gasteiger partial charge in [-0.1, -0.05) is 12.1 Å². The minimum atomic E-state index is -0.259. The van der Waals surface area contributed by atoms with E-state index in [4.69, 9.17) is 0 Å². The fourth-order valence-electron chi connectivity index (χ4n) is 3.09. The van der Waals surface area contributed by atoms with E-state index in [0.717, 1.165) is 29.3 Å². The lowest BCUT2D eigenvalue weighted by atomic mass is 10.1. The molecule has 0 spiro atoms. The molecule has 9 nitrogen and oxygen atoms in total. The highest BCUT2D eigenvalue weighted by atomic mass is 32.2. The molecule has 1 atom stereocenters. The van der Waals surface area contributed by atoms with Crippen molar-refractivity contribution in [3.05, 3.63) is 65.9 Å². The number of nitrogens with one attached hydrogen (secondary N) is 1. The maximum atomic E-state index is 13.0. The van der Waals surface area contributed by atoms with E-state index in [2.05, 4.69) is 31.0 Å². The molecule has 0 aliphatic heterocycles. The third-order valence-electron chi connectivity index (χ3n) is 4.55. The predicted octanol–water partition coefficient (Wildman–Crippen LogP) is 2.24. The van der Waals surface area contributed by atoms with Crippen molar-refractivity contribution in [2.45, 2.75) is 19.4 Å². The molecule has 0 fully saturated rings. The van der Waals surface area contributed by atoms with Gasteiger partial charge < -0.3 is 5.32 Å². The van der Waals surface area contributed by atoms with E-state index >= 15 is 0 Å². The molecule has 0 saturated carbocycles. The van der Waals surface area contributed by atoms with Gasteiger partial charge in [0.15, 0.2) is 17.3 Å². The topological polar surface area (TPSA) is 103 Å². The summed E-state index contributed by atoms with van der Waals surface area (Å²) in [5.41, 5.74) is 2.01. The zero-order valence-corrected chi connectivity index (χ0v) is 16.9. The van der Waals surface area contributed by atoms with Crippen molar-refractivity contribution in [2.24, 2.45) is 0 Å². The van der Waals surface area contributed by atoms with Gasteiger partial charge in [0.25, 0.3) is 5.91 Å². The number of thioether (sulfide) groups is 1. The Hall–Kier alpha value is -3.27. The lowest BCUT2D eigenvalue weighted by molar-refractivity contribution is 0.0933. The highest BCUT2D eigenvalue weighted by Crippen LogP contribution is 2.19. The van der Waals surface area contributed by atoms with Crippen molar-refractivity contribution in [1.82, 2.24) is 40.1 Å². The van der Waals surface area contributed by atoms with E-state index in [0.29, 0.717) is 11.4 Å². The first-order valence-electron chi connectivity index (χ1n) is 9.12. The van der Waals surface area contributed by atoms with E-state index in [9.17, 15) is 4.79 Å². The number of amides is 1. The van der Waals surface area contributed by atoms with Gasteiger partial charge in [-0.05, 0) is 66.1 Å². The van der Waals surface area contributed by atoms with Crippen LogP contribution in [-0.4, -0.2) is 52.7 Å². The Morgan fingerprint density at radius 3 is 2.86 bits per heavy atom. The van der Waals surface area contributed by atoms with Gasteiger partial charge in [0.2, 0.25) is 0 Å². The number of pyridine rings is 1. The quantitative estimate of drug-likeness (QED) is 0.500. The normalized spacial score (nSPS) is 12.2. The van der Waals surface area contributed by atoms with E-state index in [1.54, 1.807) is 28.6 Å². The standard InChI is InChI=1S/C19H20N8OS/c1-13-21-24-25-27(13)15-7-5-6-14(12-15)19(28)20-16(9-11-29-2)18-23-22-17-8-3-4-10-26(17)18/h3-8,10,12,16H,9,11H2,1-2H3,(H,20,28). The second-order valence-corrected chi connectivity index (χ2v) is 7.47. The van der Waals surface area contributed by atoms with E-state index in [-0.39, 0.29) is 11.9 Å². The Labute approximate surface area is 171 Å². The van der Waals surface area contributed by atoms with Gasteiger partial charge in [-0.2, -0.15) is 16.4 Å². The van der Waals surface area contributed by atoms with Crippen molar-refractivity contribution in [3.63, 3.8) is 0 Å². The SMILES string of the molecule is CSCCC(NC(=O)c1cccc(-n2nnnc2C)c1)c1nnc2ccccn12. The number of aryl methyl sites for hydroxylation is 1. The van der Waals surface area contributed by atoms with Crippen molar-refractivity contribution in [2.75, 3.05) is 12.0 Å². The summed E-state index contributed by atoms with van der Waals surface area (Å²) >= 11 is 1.72. The third-order valence-corrected chi connectivity index (χ3v) is 5.19. The summed E-state index contributed by atoms with van der Waals surface area (Å²) in [6, 6.07) is 12.7. The van der Waals surface area contributed by atoms with Crippen molar-refractivity contribution in [3.8, 4) is 5.69 Å².